The maximum Gasteiger partial charge on any atom is 0.195 e. The maximum absolute atomic E-state index is 5.28. The molecular weight excluding hydrogens is 246 g/mol. The minimum Gasteiger partial charge on any atom is -0.300 e. The second-order valence-electron chi connectivity index (χ2n) is 4.84. The molecule has 96 valence electrons. The number of H-pyrrole nitrogens is 1. The lowest BCUT2D eigenvalue weighted by Gasteiger charge is -2.10. The molecule has 0 unspecified atom stereocenters. The van der Waals surface area contributed by atoms with Crippen LogP contribution in [0.4, 0.5) is 0 Å². The van der Waals surface area contributed by atoms with E-state index in [1.165, 1.54) is 0 Å². The summed E-state index contributed by atoms with van der Waals surface area (Å²) in [4.78, 5) is 0. The molecule has 0 bridgehead atoms. The Morgan fingerprint density at radius 3 is 2.72 bits per heavy atom. The monoisotopic (exact) mass is 263 g/mol. The van der Waals surface area contributed by atoms with Crippen molar-refractivity contribution in [1.82, 2.24) is 25.0 Å². The smallest absolute Gasteiger partial charge is 0.195 e. The standard InChI is InChI=1S/C12H17N5S/c1-7(2)6-17-11(15-16-12(17)18)10-5-8(3)13-14-9(10)4/h5,7H,6H2,1-4H3,(H,16,18). The minimum atomic E-state index is 0.504. The predicted octanol–water partition coefficient (Wildman–Crippen LogP) is 2.67. The van der Waals surface area contributed by atoms with E-state index in [2.05, 4.69) is 34.2 Å². The van der Waals surface area contributed by atoms with Gasteiger partial charge in [-0.1, -0.05) is 13.8 Å². The second-order valence-corrected chi connectivity index (χ2v) is 5.23. The molecule has 0 aliphatic carbocycles. The van der Waals surface area contributed by atoms with Crippen molar-refractivity contribution in [3.05, 3.63) is 22.2 Å². The van der Waals surface area contributed by atoms with Crippen molar-refractivity contribution in [2.75, 3.05) is 0 Å². The Hall–Kier alpha value is -1.56. The highest BCUT2D eigenvalue weighted by atomic mass is 32.1. The molecule has 0 saturated heterocycles. The van der Waals surface area contributed by atoms with Crippen molar-refractivity contribution in [3.63, 3.8) is 0 Å². The van der Waals surface area contributed by atoms with Crippen molar-refractivity contribution in [1.29, 1.82) is 0 Å². The van der Waals surface area contributed by atoms with Crippen LogP contribution in [0.1, 0.15) is 25.2 Å². The molecule has 6 heteroatoms. The Morgan fingerprint density at radius 2 is 2.06 bits per heavy atom. The van der Waals surface area contributed by atoms with E-state index in [9.17, 15) is 0 Å². The molecule has 2 aromatic rings. The zero-order chi connectivity index (χ0) is 13.3. The summed E-state index contributed by atoms with van der Waals surface area (Å²) in [6.45, 7) is 9.00. The van der Waals surface area contributed by atoms with Crippen LogP contribution < -0.4 is 0 Å². The SMILES string of the molecule is Cc1cc(-c2n[nH]c(=S)n2CC(C)C)c(C)nn1. The van der Waals surface area contributed by atoms with Crippen molar-refractivity contribution < 1.29 is 0 Å². The Balaban J connectivity index is 2.57. The van der Waals surface area contributed by atoms with Crippen LogP contribution in [0.3, 0.4) is 0 Å². The van der Waals surface area contributed by atoms with E-state index in [-0.39, 0.29) is 0 Å². The molecule has 5 nitrogen and oxygen atoms in total. The molecule has 0 saturated carbocycles. The summed E-state index contributed by atoms with van der Waals surface area (Å²) in [5.74, 6) is 1.34. The highest BCUT2D eigenvalue weighted by Gasteiger charge is 2.13. The number of aromatic nitrogens is 5. The summed E-state index contributed by atoms with van der Waals surface area (Å²) in [5.41, 5.74) is 2.72. The molecule has 0 aromatic carbocycles. The van der Waals surface area contributed by atoms with E-state index in [4.69, 9.17) is 12.2 Å². The van der Waals surface area contributed by atoms with Crippen LogP contribution in [0.25, 0.3) is 11.4 Å². The molecule has 2 rings (SSSR count). The number of nitrogens with one attached hydrogen (secondary N) is 1. The first-order chi connectivity index (χ1) is 8.49. The molecular formula is C12H17N5S. The van der Waals surface area contributed by atoms with Gasteiger partial charge in [-0.05, 0) is 38.0 Å². The molecule has 0 radical (unpaired) electrons. The Bertz CT molecular complexity index is 611. The van der Waals surface area contributed by atoms with E-state index in [1.807, 2.05) is 24.5 Å². The van der Waals surface area contributed by atoms with Crippen LogP contribution in [0.2, 0.25) is 0 Å². The normalized spacial score (nSPS) is 11.2. The van der Waals surface area contributed by atoms with Gasteiger partial charge >= 0.3 is 0 Å². The minimum absolute atomic E-state index is 0.504. The third-order valence-electron chi connectivity index (χ3n) is 2.65. The highest BCUT2D eigenvalue weighted by Crippen LogP contribution is 2.21. The fourth-order valence-electron chi connectivity index (χ4n) is 1.83. The first-order valence-electron chi connectivity index (χ1n) is 5.95. The van der Waals surface area contributed by atoms with Crippen LogP contribution in [0.15, 0.2) is 6.07 Å². The zero-order valence-corrected chi connectivity index (χ0v) is 11.9. The summed E-state index contributed by atoms with van der Waals surface area (Å²) in [7, 11) is 0. The zero-order valence-electron chi connectivity index (χ0n) is 11.1. The number of aromatic amines is 1. The summed E-state index contributed by atoms with van der Waals surface area (Å²) in [6.07, 6.45) is 0. The molecule has 2 aromatic heterocycles. The number of hydrogen-bond acceptors (Lipinski definition) is 4. The molecule has 0 fully saturated rings. The lowest BCUT2D eigenvalue weighted by molar-refractivity contribution is 0.521. The molecule has 0 atom stereocenters. The van der Waals surface area contributed by atoms with Gasteiger partial charge in [-0.25, -0.2) is 0 Å². The number of aryl methyl sites for hydroxylation is 2. The fourth-order valence-corrected chi connectivity index (χ4v) is 2.04. The molecule has 2 heterocycles. The number of rotatable bonds is 3. The molecule has 0 aliphatic rings. The third kappa shape index (κ3) is 2.48. The number of nitrogens with zero attached hydrogens (tertiary/aromatic N) is 4. The van der Waals surface area contributed by atoms with Crippen molar-refractivity contribution in [2.45, 2.75) is 34.2 Å². The molecule has 0 spiro atoms. The first kappa shape index (κ1) is 12.9. The van der Waals surface area contributed by atoms with Gasteiger partial charge in [-0.3, -0.25) is 9.67 Å². The van der Waals surface area contributed by atoms with Crippen LogP contribution in [0.5, 0.6) is 0 Å². The molecule has 1 N–H and O–H groups in total. The number of hydrogen-bond donors (Lipinski definition) is 1. The van der Waals surface area contributed by atoms with E-state index >= 15 is 0 Å². The van der Waals surface area contributed by atoms with Gasteiger partial charge in [0.25, 0.3) is 0 Å². The van der Waals surface area contributed by atoms with E-state index in [0.717, 1.165) is 29.3 Å². The van der Waals surface area contributed by atoms with Crippen molar-refractivity contribution in [2.24, 2.45) is 5.92 Å². The van der Waals surface area contributed by atoms with Gasteiger partial charge in [0.2, 0.25) is 0 Å². The van der Waals surface area contributed by atoms with Gasteiger partial charge in [-0.2, -0.15) is 15.3 Å². The van der Waals surface area contributed by atoms with E-state index in [0.29, 0.717) is 10.7 Å². The van der Waals surface area contributed by atoms with Gasteiger partial charge in [0.05, 0.1) is 11.4 Å². The van der Waals surface area contributed by atoms with Crippen molar-refractivity contribution >= 4 is 12.2 Å². The average molecular weight is 263 g/mol. The molecule has 0 amide bonds. The lowest BCUT2D eigenvalue weighted by Crippen LogP contribution is -2.07. The quantitative estimate of drug-likeness (QED) is 0.865. The van der Waals surface area contributed by atoms with Gasteiger partial charge in [0, 0.05) is 12.1 Å². The third-order valence-corrected chi connectivity index (χ3v) is 2.96. The topological polar surface area (TPSA) is 59.4 Å². The summed E-state index contributed by atoms with van der Waals surface area (Å²) in [6, 6.07) is 1.99. The molecule has 0 aliphatic heterocycles. The van der Waals surface area contributed by atoms with Crippen LogP contribution in [0, 0.1) is 24.5 Å². The average Bonchev–Trinajstić information content (AvgIpc) is 2.64. The van der Waals surface area contributed by atoms with Gasteiger partial charge in [0.15, 0.2) is 10.6 Å². The summed E-state index contributed by atoms with van der Waals surface area (Å²) in [5, 5.41) is 15.3. The Morgan fingerprint density at radius 1 is 1.33 bits per heavy atom. The van der Waals surface area contributed by atoms with Crippen LogP contribution in [-0.4, -0.2) is 25.0 Å². The van der Waals surface area contributed by atoms with Gasteiger partial charge in [0.1, 0.15) is 0 Å². The summed E-state index contributed by atoms with van der Waals surface area (Å²) < 4.78 is 2.66. The predicted molar refractivity (Wildman–Crippen MR) is 72.7 cm³/mol. The van der Waals surface area contributed by atoms with Crippen LogP contribution in [-0.2, 0) is 6.54 Å². The summed E-state index contributed by atoms with van der Waals surface area (Å²) >= 11 is 5.28. The maximum atomic E-state index is 5.28. The van der Waals surface area contributed by atoms with E-state index < -0.39 is 0 Å². The molecule has 18 heavy (non-hydrogen) atoms. The second kappa shape index (κ2) is 4.97. The highest BCUT2D eigenvalue weighted by molar-refractivity contribution is 7.71. The first-order valence-corrected chi connectivity index (χ1v) is 6.36. The van der Waals surface area contributed by atoms with Gasteiger partial charge in [-0.15, -0.1) is 0 Å². The lowest BCUT2D eigenvalue weighted by atomic mass is 10.1. The van der Waals surface area contributed by atoms with Crippen LogP contribution >= 0.6 is 12.2 Å². The largest absolute Gasteiger partial charge is 0.300 e. The van der Waals surface area contributed by atoms with Crippen molar-refractivity contribution in [3.8, 4) is 11.4 Å². The Labute approximate surface area is 111 Å². The van der Waals surface area contributed by atoms with E-state index in [1.54, 1.807) is 0 Å². The van der Waals surface area contributed by atoms with Gasteiger partial charge < -0.3 is 0 Å². The Kier molecular flexibility index (Phi) is 3.56. The fraction of sp³-hybridized carbons (Fsp3) is 0.500.